The molecule has 2 atom stereocenters. The minimum atomic E-state index is -2.79. The monoisotopic (exact) mass is 852 g/mol. The molecule has 2 aromatic rings. The molecule has 328 valence electrons. The quantitative estimate of drug-likeness (QED) is 0.0444. The molecule has 0 heterocycles. The van der Waals surface area contributed by atoms with Gasteiger partial charge in [0.25, 0.3) is 0 Å². The molecule has 0 saturated carbocycles. The van der Waals surface area contributed by atoms with E-state index in [2.05, 4.69) is 13.2 Å². The molecule has 0 saturated heterocycles. The second-order valence-corrected chi connectivity index (χ2v) is 15.2. The molecule has 0 bridgehead atoms. The van der Waals surface area contributed by atoms with Crippen LogP contribution in [0.1, 0.15) is 64.5 Å². The number of hydrogen-bond acceptors (Lipinski definition) is 10. The van der Waals surface area contributed by atoms with Gasteiger partial charge in [-0.25, -0.2) is 19.2 Å². The molecular formula is C43H48O18. The van der Waals surface area contributed by atoms with E-state index in [1.165, 1.54) is 0 Å². The number of carboxylic acids is 8. The first-order valence-electron chi connectivity index (χ1n) is 18.3. The average Bonchev–Trinajstić information content (AvgIpc) is 3.17. The first-order chi connectivity index (χ1) is 28.2. The van der Waals surface area contributed by atoms with Gasteiger partial charge >= 0.3 is 47.8 Å². The molecule has 18 heteroatoms. The molecule has 0 fully saturated rings. The number of hydrogen-bond donors (Lipinski definition) is 8. The Morgan fingerprint density at radius 3 is 1.02 bits per heavy atom. The maximum atomic E-state index is 12.0. The zero-order valence-corrected chi connectivity index (χ0v) is 33.7. The van der Waals surface area contributed by atoms with E-state index in [0.717, 1.165) is 23.3 Å². The highest BCUT2D eigenvalue weighted by molar-refractivity contribution is 6.03. The number of carboxylic acid groups (broad SMARTS) is 8. The zero-order valence-electron chi connectivity index (χ0n) is 33.7. The normalized spacial score (nSPS) is 13.2. The summed E-state index contributed by atoms with van der Waals surface area (Å²) in [4.78, 5) is 94.8. The van der Waals surface area contributed by atoms with Gasteiger partial charge in [-0.2, -0.15) is 0 Å². The second kappa shape index (κ2) is 20.6. The van der Waals surface area contributed by atoms with Gasteiger partial charge in [0, 0.05) is 65.2 Å². The molecule has 0 spiro atoms. The first-order valence-corrected chi connectivity index (χ1v) is 18.3. The van der Waals surface area contributed by atoms with Crippen molar-refractivity contribution in [1.82, 2.24) is 0 Å². The van der Waals surface area contributed by atoms with Crippen LogP contribution in [-0.2, 0) is 43.8 Å². The zero-order chi connectivity index (χ0) is 46.6. The van der Waals surface area contributed by atoms with E-state index in [0.29, 0.717) is 11.5 Å². The second-order valence-electron chi connectivity index (χ2n) is 15.2. The standard InChI is InChI=1S/C43H48O18/c1-23(15-27(35(48)49)19-42(37(52)53,38(54)55)17-25(3)33(44)45)21-60-31-11-7-29(8-12-31)41(5,6)30-9-13-32(14-10-30)61-22-24(2)16-28(36(50)51)20-43(39(56)57,40(58)59)18-26(4)34(46)47/h7-16,23-24H,3-4,17-22H2,1-2,5-6H3,(H,44,45)(H,46,47)(H,48,49)(H,50,51)(H,52,53)(H,54,55)(H,56,57)(H,58,59). The van der Waals surface area contributed by atoms with Crippen LogP contribution in [-0.4, -0.2) is 102 Å². The van der Waals surface area contributed by atoms with Gasteiger partial charge in [0.15, 0.2) is 10.8 Å². The van der Waals surface area contributed by atoms with Crippen LogP contribution in [0.4, 0.5) is 0 Å². The molecular weight excluding hydrogens is 804 g/mol. The van der Waals surface area contributed by atoms with E-state index in [-0.39, 0.29) is 13.2 Å². The highest BCUT2D eigenvalue weighted by atomic mass is 16.5. The van der Waals surface area contributed by atoms with Crippen LogP contribution in [0.3, 0.4) is 0 Å². The third-order valence-corrected chi connectivity index (χ3v) is 9.96. The van der Waals surface area contributed by atoms with Crippen molar-refractivity contribution in [3.63, 3.8) is 0 Å². The Morgan fingerprint density at radius 2 is 0.787 bits per heavy atom. The summed E-state index contributed by atoms with van der Waals surface area (Å²) in [6, 6.07) is 14.0. The Hall–Kier alpha value is -7.24. The predicted octanol–water partition coefficient (Wildman–Crippen LogP) is 5.22. The van der Waals surface area contributed by atoms with Crippen LogP contribution < -0.4 is 9.47 Å². The van der Waals surface area contributed by atoms with Gasteiger partial charge in [-0.3, -0.25) is 19.2 Å². The van der Waals surface area contributed by atoms with Gasteiger partial charge in [-0.05, 0) is 35.4 Å². The molecule has 2 aromatic carbocycles. The van der Waals surface area contributed by atoms with Gasteiger partial charge in [0.1, 0.15) is 11.5 Å². The van der Waals surface area contributed by atoms with Crippen molar-refractivity contribution in [3.05, 3.63) is 107 Å². The van der Waals surface area contributed by atoms with Gasteiger partial charge in [-0.15, -0.1) is 0 Å². The molecule has 0 aromatic heterocycles. The molecule has 2 rings (SSSR count). The third kappa shape index (κ3) is 12.9. The lowest BCUT2D eigenvalue weighted by atomic mass is 9.76. The van der Waals surface area contributed by atoms with Crippen LogP contribution in [0.25, 0.3) is 0 Å². The topological polar surface area (TPSA) is 317 Å². The Labute approximate surface area is 349 Å². The molecule has 0 aliphatic rings. The molecule has 8 N–H and O–H groups in total. The SMILES string of the molecule is C=C(CC(CC(=CC(C)COc1ccc(C(C)(C)c2ccc(OCC(C)C=C(CC(CC(=C)C(=O)O)(C(=O)O)C(=O)O)C(=O)O)cc2)cc1)C(=O)O)(C(=O)O)C(=O)O)C(=O)O. The maximum absolute atomic E-state index is 12.0. The average molecular weight is 853 g/mol. The van der Waals surface area contributed by atoms with Crippen LogP contribution in [0.2, 0.25) is 0 Å². The van der Waals surface area contributed by atoms with Crippen LogP contribution in [0.15, 0.2) is 96.1 Å². The van der Waals surface area contributed by atoms with E-state index in [1.807, 2.05) is 13.8 Å². The lowest BCUT2D eigenvalue weighted by molar-refractivity contribution is -0.167. The summed E-state index contributed by atoms with van der Waals surface area (Å²) in [7, 11) is 0. The number of carbonyl (C=O) groups is 8. The van der Waals surface area contributed by atoms with Gasteiger partial charge in [0.05, 0.1) is 13.2 Å². The molecule has 0 amide bonds. The van der Waals surface area contributed by atoms with Crippen molar-refractivity contribution >= 4 is 47.8 Å². The Kier molecular flexibility index (Phi) is 16.9. The summed E-state index contributed by atoms with van der Waals surface area (Å²) in [6.07, 6.45) is -1.80. The van der Waals surface area contributed by atoms with E-state index < -0.39 is 124 Å². The summed E-state index contributed by atoms with van der Waals surface area (Å²) in [5.74, 6) is -14.6. The van der Waals surface area contributed by atoms with Crippen LogP contribution in [0.5, 0.6) is 11.5 Å². The van der Waals surface area contributed by atoms with E-state index in [4.69, 9.17) is 19.7 Å². The fourth-order valence-corrected chi connectivity index (χ4v) is 6.20. The van der Waals surface area contributed by atoms with Gasteiger partial charge in [-0.1, -0.05) is 77.3 Å². The molecule has 2 unspecified atom stereocenters. The predicted molar refractivity (Wildman–Crippen MR) is 213 cm³/mol. The molecule has 0 aliphatic heterocycles. The van der Waals surface area contributed by atoms with Crippen molar-refractivity contribution in [2.45, 2.75) is 58.8 Å². The number of rotatable bonds is 26. The summed E-state index contributed by atoms with van der Waals surface area (Å²) in [5.41, 5.74) is -6.98. The number of benzene rings is 2. The highest BCUT2D eigenvalue weighted by Crippen LogP contribution is 2.37. The molecule has 0 radical (unpaired) electrons. The smallest absolute Gasteiger partial charge is 0.331 e. The minimum Gasteiger partial charge on any atom is -0.493 e. The van der Waals surface area contributed by atoms with E-state index in [9.17, 15) is 69.0 Å². The van der Waals surface area contributed by atoms with E-state index >= 15 is 0 Å². The number of aliphatic carboxylic acids is 8. The van der Waals surface area contributed by atoms with Crippen molar-refractivity contribution < 1.29 is 88.7 Å². The Bertz CT molecular complexity index is 1940. The minimum absolute atomic E-state index is 0.0869. The molecule has 0 aliphatic carbocycles. The molecule has 18 nitrogen and oxygen atoms in total. The van der Waals surface area contributed by atoms with Gasteiger partial charge in [0.2, 0.25) is 0 Å². The third-order valence-electron chi connectivity index (χ3n) is 9.96. The largest absolute Gasteiger partial charge is 0.493 e. The van der Waals surface area contributed by atoms with Crippen LogP contribution >= 0.6 is 0 Å². The summed E-state index contributed by atoms with van der Waals surface area (Å²) < 4.78 is 11.6. The van der Waals surface area contributed by atoms with Crippen molar-refractivity contribution in [1.29, 1.82) is 0 Å². The highest BCUT2D eigenvalue weighted by Gasteiger charge is 2.50. The summed E-state index contributed by atoms with van der Waals surface area (Å²) >= 11 is 0. The summed E-state index contributed by atoms with van der Waals surface area (Å²) in [6.45, 7) is 13.3. The fraction of sp³-hybridized carbons (Fsp3) is 0.349. The maximum Gasteiger partial charge on any atom is 0.331 e. The Balaban J connectivity index is 2.17. The number of ether oxygens (including phenoxy) is 2. The lowest BCUT2D eigenvalue weighted by Gasteiger charge is -2.27. The molecule has 61 heavy (non-hydrogen) atoms. The Morgan fingerprint density at radius 1 is 0.508 bits per heavy atom. The van der Waals surface area contributed by atoms with Crippen molar-refractivity contribution in [2.24, 2.45) is 22.7 Å². The van der Waals surface area contributed by atoms with E-state index in [1.54, 1.807) is 62.4 Å². The fourth-order valence-electron chi connectivity index (χ4n) is 6.20. The lowest BCUT2D eigenvalue weighted by Crippen LogP contribution is -2.41. The van der Waals surface area contributed by atoms with Crippen molar-refractivity contribution in [2.75, 3.05) is 13.2 Å². The van der Waals surface area contributed by atoms with Crippen molar-refractivity contribution in [3.8, 4) is 11.5 Å². The first kappa shape index (κ1) is 49.9. The summed E-state index contributed by atoms with van der Waals surface area (Å²) in [5, 5.41) is 76.8. The van der Waals surface area contributed by atoms with Crippen LogP contribution in [0, 0.1) is 22.7 Å². The van der Waals surface area contributed by atoms with Gasteiger partial charge < -0.3 is 50.3 Å².